The molecule has 0 saturated heterocycles. The lowest BCUT2D eigenvalue weighted by molar-refractivity contribution is -0.903. The standard InChI is InChI=1S/C29H44NO3/c1-4-5-6-7-8-9-11-15-26-19-21-28(22-20-26)32-25-33-29(31)18-14-23-30(2,3)24-27-16-12-10-13-17-27/h10,12-13,16-17,19-22H,4-9,11,14-15,18,23-25H2,1-3H3/q+1. The zero-order valence-electron chi connectivity index (χ0n) is 21.1. The number of hydrogen-bond acceptors (Lipinski definition) is 3. The molecule has 0 atom stereocenters. The fourth-order valence-corrected chi connectivity index (χ4v) is 4.08. The van der Waals surface area contributed by atoms with Crippen molar-refractivity contribution >= 4 is 5.97 Å². The first-order chi connectivity index (χ1) is 16.0. The molecule has 2 rings (SSSR count). The van der Waals surface area contributed by atoms with Crippen LogP contribution in [0.4, 0.5) is 0 Å². The molecule has 0 bridgehead atoms. The third-order valence-electron chi connectivity index (χ3n) is 6.04. The number of hydrogen-bond donors (Lipinski definition) is 0. The van der Waals surface area contributed by atoms with Crippen LogP contribution in [-0.2, 0) is 22.5 Å². The summed E-state index contributed by atoms with van der Waals surface area (Å²) in [7, 11) is 4.39. The SMILES string of the molecule is CCCCCCCCCc1ccc(OCOC(=O)CCC[N+](C)(C)Cc2ccccc2)cc1. The molecular weight excluding hydrogens is 410 g/mol. The van der Waals surface area contributed by atoms with Crippen molar-refractivity contribution in [3.8, 4) is 5.75 Å². The minimum absolute atomic E-state index is 0.0296. The molecule has 0 aliphatic rings. The van der Waals surface area contributed by atoms with E-state index in [0.29, 0.717) is 6.42 Å². The largest absolute Gasteiger partial charge is 0.457 e. The van der Waals surface area contributed by atoms with Crippen LogP contribution in [0.15, 0.2) is 54.6 Å². The molecule has 0 aromatic heterocycles. The Kier molecular flexibility index (Phi) is 12.6. The van der Waals surface area contributed by atoms with Gasteiger partial charge in [-0.1, -0.05) is 87.9 Å². The number of rotatable bonds is 17. The second kappa shape index (κ2) is 15.5. The number of benzene rings is 2. The van der Waals surface area contributed by atoms with E-state index >= 15 is 0 Å². The van der Waals surface area contributed by atoms with E-state index < -0.39 is 0 Å². The first-order valence-electron chi connectivity index (χ1n) is 12.7. The van der Waals surface area contributed by atoms with Gasteiger partial charge >= 0.3 is 5.97 Å². The van der Waals surface area contributed by atoms with E-state index in [2.05, 4.69) is 57.4 Å². The summed E-state index contributed by atoms with van der Waals surface area (Å²) in [6, 6.07) is 18.6. The molecule has 33 heavy (non-hydrogen) atoms. The maximum Gasteiger partial charge on any atom is 0.308 e. The molecule has 2 aromatic rings. The second-order valence-corrected chi connectivity index (χ2v) is 9.70. The van der Waals surface area contributed by atoms with Gasteiger partial charge < -0.3 is 14.0 Å². The molecule has 2 aromatic carbocycles. The topological polar surface area (TPSA) is 35.5 Å². The summed E-state index contributed by atoms with van der Waals surface area (Å²) < 4.78 is 11.7. The third-order valence-corrected chi connectivity index (χ3v) is 6.04. The van der Waals surface area contributed by atoms with E-state index in [-0.39, 0.29) is 12.8 Å². The predicted molar refractivity (Wildman–Crippen MR) is 136 cm³/mol. The Labute approximate surface area is 201 Å². The van der Waals surface area contributed by atoms with Gasteiger partial charge in [-0.25, -0.2) is 0 Å². The summed E-state index contributed by atoms with van der Waals surface area (Å²) >= 11 is 0. The molecule has 0 N–H and O–H groups in total. The van der Waals surface area contributed by atoms with Gasteiger partial charge in [0.25, 0.3) is 0 Å². The Morgan fingerprint density at radius 2 is 1.45 bits per heavy atom. The minimum atomic E-state index is -0.203. The Morgan fingerprint density at radius 1 is 0.788 bits per heavy atom. The van der Waals surface area contributed by atoms with Gasteiger partial charge in [0.15, 0.2) is 0 Å². The van der Waals surface area contributed by atoms with Crippen LogP contribution in [0.5, 0.6) is 5.75 Å². The molecule has 0 saturated carbocycles. The smallest absolute Gasteiger partial charge is 0.308 e. The van der Waals surface area contributed by atoms with E-state index in [1.807, 2.05) is 18.2 Å². The Bertz CT molecular complexity index is 771. The van der Waals surface area contributed by atoms with Crippen LogP contribution in [0.25, 0.3) is 0 Å². The lowest BCUT2D eigenvalue weighted by Crippen LogP contribution is -2.39. The lowest BCUT2D eigenvalue weighted by atomic mass is 10.0. The van der Waals surface area contributed by atoms with Crippen molar-refractivity contribution in [3.63, 3.8) is 0 Å². The van der Waals surface area contributed by atoms with Gasteiger partial charge in [0, 0.05) is 12.0 Å². The van der Waals surface area contributed by atoms with Gasteiger partial charge in [0.2, 0.25) is 6.79 Å². The Hall–Kier alpha value is -2.33. The first kappa shape index (κ1) is 26.9. The lowest BCUT2D eigenvalue weighted by Gasteiger charge is -2.29. The molecule has 0 fully saturated rings. The Balaban J connectivity index is 1.54. The first-order valence-corrected chi connectivity index (χ1v) is 12.7. The number of quaternary nitrogens is 1. The van der Waals surface area contributed by atoms with Crippen LogP contribution in [0.2, 0.25) is 0 Å². The minimum Gasteiger partial charge on any atom is -0.457 e. The molecule has 0 spiro atoms. The fraction of sp³-hybridized carbons (Fsp3) is 0.552. The van der Waals surface area contributed by atoms with E-state index in [9.17, 15) is 4.79 Å². The van der Waals surface area contributed by atoms with Gasteiger partial charge in [0.1, 0.15) is 12.3 Å². The number of aryl methyl sites for hydroxylation is 1. The zero-order valence-corrected chi connectivity index (χ0v) is 21.1. The highest BCUT2D eigenvalue weighted by Gasteiger charge is 2.16. The number of ether oxygens (including phenoxy) is 2. The monoisotopic (exact) mass is 454 g/mol. The average molecular weight is 455 g/mol. The van der Waals surface area contributed by atoms with E-state index in [1.54, 1.807) is 0 Å². The van der Waals surface area contributed by atoms with Crippen molar-refractivity contribution in [2.24, 2.45) is 0 Å². The van der Waals surface area contributed by atoms with E-state index in [1.165, 1.54) is 56.1 Å². The van der Waals surface area contributed by atoms with E-state index in [0.717, 1.165) is 36.2 Å². The summed E-state index contributed by atoms with van der Waals surface area (Å²) in [6.45, 7) is 4.10. The van der Waals surface area contributed by atoms with Crippen LogP contribution in [0.1, 0.15) is 75.8 Å². The Morgan fingerprint density at radius 3 is 2.15 bits per heavy atom. The summed E-state index contributed by atoms with van der Waals surface area (Å²) in [6.07, 6.45) is 11.6. The van der Waals surface area contributed by atoms with Crippen LogP contribution < -0.4 is 4.74 Å². The maximum atomic E-state index is 12.1. The summed E-state index contributed by atoms with van der Waals surface area (Å²) in [4.78, 5) is 12.1. The van der Waals surface area contributed by atoms with Crippen LogP contribution in [-0.4, -0.2) is 37.9 Å². The van der Waals surface area contributed by atoms with Crippen molar-refractivity contribution in [1.29, 1.82) is 0 Å². The molecule has 4 heteroatoms. The van der Waals surface area contributed by atoms with Crippen molar-refractivity contribution < 1.29 is 18.8 Å². The highest BCUT2D eigenvalue weighted by Crippen LogP contribution is 2.16. The maximum absolute atomic E-state index is 12.1. The van der Waals surface area contributed by atoms with Gasteiger partial charge in [-0.3, -0.25) is 4.79 Å². The molecule has 0 heterocycles. The number of unbranched alkanes of at least 4 members (excludes halogenated alkanes) is 6. The molecule has 0 radical (unpaired) electrons. The van der Waals surface area contributed by atoms with Crippen LogP contribution in [0, 0.1) is 0 Å². The van der Waals surface area contributed by atoms with Crippen LogP contribution >= 0.6 is 0 Å². The highest BCUT2D eigenvalue weighted by atomic mass is 16.7. The fourth-order valence-electron chi connectivity index (χ4n) is 4.08. The van der Waals surface area contributed by atoms with Gasteiger partial charge in [0.05, 0.1) is 27.1 Å². The summed E-state index contributed by atoms with van der Waals surface area (Å²) in [5.74, 6) is 0.539. The normalized spacial score (nSPS) is 11.4. The van der Waals surface area contributed by atoms with Crippen molar-refractivity contribution in [1.82, 2.24) is 0 Å². The van der Waals surface area contributed by atoms with Gasteiger partial charge in [-0.15, -0.1) is 0 Å². The van der Waals surface area contributed by atoms with E-state index in [4.69, 9.17) is 9.47 Å². The van der Waals surface area contributed by atoms with Gasteiger partial charge in [-0.2, -0.15) is 0 Å². The second-order valence-electron chi connectivity index (χ2n) is 9.70. The zero-order chi connectivity index (χ0) is 23.8. The quantitative estimate of drug-likeness (QED) is 0.113. The van der Waals surface area contributed by atoms with Crippen molar-refractivity contribution in [3.05, 3.63) is 65.7 Å². The number of nitrogens with zero attached hydrogens (tertiary/aromatic N) is 1. The molecule has 0 aliphatic carbocycles. The molecule has 0 aliphatic heterocycles. The summed E-state index contributed by atoms with van der Waals surface area (Å²) in [5.41, 5.74) is 2.65. The van der Waals surface area contributed by atoms with Crippen LogP contribution in [0.3, 0.4) is 0 Å². The molecule has 0 amide bonds. The highest BCUT2D eigenvalue weighted by molar-refractivity contribution is 5.69. The van der Waals surface area contributed by atoms with Crippen molar-refractivity contribution in [2.75, 3.05) is 27.4 Å². The molecule has 4 nitrogen and oxygen atoms in total. The molecule has 182 valence electrons. The molecular formula is C29H44NO3+. The average Bonchev–Trinajstić information content (AvgIpc) is 2.79. The van der Waals surface area contributed by atoms with Crippen molar-refractivity contribution in [2.45, 2.75) is 77.7 Å². The van der Waals surface area contributed by atoms with Gasteiger partial charge in [-0.05, 0) is 30.5 Å². The summed E-state index contributed by atoms with van der Waals surface area (Å²) in [5, 5.41) is 0. The number of carbonyl (C=O) groups is 1. The number of carbonyl (C=O) groups excluding carboxylic acids is 1. The number of esters is 1. The third kappa shape index (κ3) is 12.5. The predicted octanol–water partition coefficient (Wildman–Crippen LogP) is 6.92. The molecule has 0 unspecified atom stereocenters.